The van der Waals surface area contributed by atoms with Crippen LogP contribution in [0.3, 0.4) is 0 Å². The molecule has 0 aromatic rings. The first kappa shape index (κ1) is 12.7. The average molecular weight is 235 g/mol. The third kappa shape index (κ3) is 2.56. The third-order valence-corrected chi connectivity index (χ3v) is 4.88. The molecule has 2 rings (SSSR count). The van der Waals surface area contributed by atoms with E-state index in [0.717, 1.165) is 25.9 Å². The number of carbonyl (C=O) groups excluding carboxylic acids is 1. The van der Waals surface area contributed by atoms with Gasteiger partial charge in [0.05, 0.1) is 0 Å². The number of hydrogen-bond donors (Lipinski definition) is 0. The molecule has 0 aromatic carbocycles. The predicted molar refractivity (Wildman–Crippen MR) is 70.7 cm³/mol. The molecule has 2 nitrogen and oxygen atoms in total. The van der Waals surface area contributed by atoms with E-state index in [2.05, 4.69) is 31.7 Å². The summed E-state index contributed by atoms with van der Waals surface area (Å²) in [5.74, 6) is 0.891. The third-order valence-electron chi connectivity index (χ3n) is 4.88. The lowest BCUT2D eigenvalue weighted by Gasteiger charge is -2.33. The maximum absolute atomic E-state index is 12.3. The zero-order chi connectivity index (χ0) is 12.5. The molecule has 0 spiro atoms. The van der Waals surface area contributed by atoms with Crippen molar-refractivity contribution in [1.82, 2.24) is 4.90 Å². The Labute approximate surface area is 105 Å². The molecule has 0 unspecified atom stereocenters. The summed E-state index contributed by atoms with van der Waals surface area (Å²) in [7, 11) is 0. The van der Waals surface area contributed by atoms with Gasteiger partial charge in [0.1, 0.15) is 0 Å². The Kier molecular flexibility index (Phi) is 3.60. The summed E-state index contributed by atoms with van der Waals surface area (Å²) >= 11 is 0. The van der Waals surface area contributed by atoms with Crippen molar-refractivity contribution in [1.29, 1.82) is 0 Å². The Hall–Kier alpha value is -0.790. The zero-order valence-electron chi connectivity index (χ0n) is 11.5. The molecular weight excluding hydrogens is 210 g/mol. The smallest absolute Gasteiger partial charge is 0.222 e. The van der Waals surface area contributed by atoms with Crippen LogP contribution in [0.25, 0.3) is 0 Å². The number of hydrogen-bond acceptors (Lipinski definition) is 1. The fourth-order valence-corrected chi connectivity index (χ4v) is 3.02. The van der Waals surface area contributed by atoms with Gasteiger partial charge in [0.2, 0.25) is 5.91 Å². The van der Waals surface area contributed by atoms with E-state index in [0.29, 0.717) is 11.8 Å². The highest BCUT2D eigenvalue weighted by Crippen LogP contribution is 2.44. The van der Waals surface area contributed by atoms with E-state index >= 15 is 0 Å². The van der Waals surface area contributed by atoms with Crippen LogP contribution < -0.4 is 0 Å². The van der Waals surface area contributed by atoms with Gasteiger partial charge in [-0.1, -0.05) is 25.5 Å². The van der Waals surface area contributed by atoms with Crippen molar-refractivity contribution in [2.24, 2.45) is 11.3 Å². The lowest BCUT2D eigenvalue weighted by atomic mass is 9.76. The molecule has 1 aliphatic carbocycles. The maximum atomic E-state index is 12.3. The highest BCUT2D eigenvalue weighted by molar-refractivity contribution is 5.76. The molecule has 0 aromatic heterocycles. The van der Waals surface area contributed by atoms with E-state index in [-0.39, 0.29) is 5.41 Å². The van der Waals surface area contributed by atoms with Crippen molar-refractivity contribution in [3.8, 4) is 0 Å². The van der Waals surface area contributed by atoms with Gasteiger partial charge < -0.3 is 4.90 Å². The van der Waals surface area contributed by atoms with Gasteiger partial charge in [-0.05, 0) is 43.9 Å². The Morgan fingerprint density at radius 3 is 2.53 bits per heavy atom. The fourth-order valence-electron chi connectivity index (χ4n) is 3.02. The molecule has 1 heterocycles. The van der Waals surface area contributed by atoms with Crippen molar-refractivity contribution < 1.29 is 4.79 Å². The van der Waals surface area contributed by atoms with Crippen LogP contribution in [0.1, 0.15) is 52.9 Å². The van der Waals surface area contributed by atoms with Crippen molar-refractivity contribution in [2.45, 2.75) is 52.9 Å². The van der Waals surface area contributed by atoms with E-state index in [1.54, 1.807) is 0 Å². The number of amides is 1. The minimum Gasteiger partial charge on any atom is -0.343 e. The number of carbonyl (C=O) groups is 1. The molecule has 1 aliphatic heterocycles. The normalized spacial score (nSPS) is 28.1. The van der Waals surface area contributed by atoms with E-state index in [4.69, 9.17) is 0 Å². The second kappa shape index (κ2) is 4.83. The molecule has 2 aliphatic rings. The Morgan fingerprint density at radius 2 is 2.00 bits per heavy atom. The van der Waals surface area contributed by atoms with Crippen LogP contribution in [0.15, 0.2) is 11.6 Å². The number of nitrogens with zero attached hydrogens (tertiary/aromatic N) is 1. The van der Waals surface area contributed by atoms with Gasteiger partial charge in [0, 0.05) is 19.5 Å². The first-order chi connectivity index (χ1) is 8.01. The van der Waals surface area contributed by atoms with E-state index in [9.17, 15) is 4.79 Å². The summed E-state index contributed by atoms with van der Waals surface area (Å²) in [6, 6.07) is 0. The maximum Gasteiger partial charge on any atom is 0.222 e. The minimum absolute atomic E-state index is 0.214. The van der Waals surface area contributed by atoms with Crippen LogP contribution in [0.2, 0.25) is 0 Å². The molecule has 0 N–H and O–H groups in total. The monoisotopic (exact) mass is 235 g/mol. The summed E-state index contributed by atoms with van der Waals surface area (Å²) in [6.45, 7) is 8.72. The molecular formula is C15H25NO. The van der Waals surface area contributed by atoms with Gasteiger partial charge in [-0.2, -0.15) is 0 Å². The predicted octanol–water partition coefficient (Wildman–Crippen LogP) is 3.38. The first-order valence-corrected chi connectivity index (χ1v) is 6.97. The molecule has 1 saturated heterocycles. The molecule has 17 heavy (non-hydrogen) atoms. The van der Waals surface area contributed by atoms with E-state index in [1.807, 2.05) is 0 Å². The standard InChI is InChI=1S/C15H25NO/c1-12-7-8-13(15(12,2)3)11-14(17)16-9-5-4-6-10-16/h7,13H,4-6,8-11H2,1-3H3/t13-/m1/s1. The Bertz CT molecular complexity index is 324. The lowest BCUT2D eigenvalue weighted by Crippen LogP contribution is -2.38. The molecule has 0 saturated carbocycles. The zero-order valence-corrected chi connectivity index (χ0v) is 11.5. The number of likely N-dealkylation sites (tertiary alicyclic amines) is 1. The van der Waals surface area contributed by atoms with Crippen molar-refractivity contribution in [3.63, 3.8) is 0 Å². The van der Waals surface area contributed by atoms with Gasteiger partial charge >= 0.3 is 0 Å². The van der Waals surface area contributed by atoms with Crippen molar-refractivity contribution in [2.75, 3.05) is 13.1 Å². The molecule has 0 bridgehead atoms. The number of allylic oxidation sites excluding steroid dienone is 2. The molecule has 1 amide bonds. The van der Waals surface area contributed by atoms with Gasteiger partial charge in [0.25, 0.3) is 0 Å². The highest BCUT2D eigenvalue weighted by atomic mass is 16.2. The average Bonchev–Trinajstić information content (AvgIpc) is 2.57. The summed E-state index contributed by atoms with van der Waals surface area (Å²) in [6.07, 6.45) is 7.81. The Balaban J connectivity index is 1.91. The van der Waals surface area contributed by atoms with Gasteiger partial charge in [-0.25, -0.2) is 0 Å². The summed E-state index contributed by atoms with van der Waals surface area (Å²) < 4.78 is 0. The molecule has 96 valence electrons. The number of rotatable bonds is 2. The van der Waals surface area contributed by atoms with Crippen LogP contribution in [-0.4, -0.2) is 23.9 Å². The summed E-state index contributed by atoms with van der Waals surface area (Å²) in [5, 5.41) is 0. The van der Waals surface area contributed by atoms with E-state index < -0.39 is 0 Å². The molecule has 0 radical (unpaired) electrons. The quantitative estimate of drug-likeness (QED) is 0.672. The largest absolute Gasteiger partial charge is 0.343 e. The fraction of sp³-hybridized carbons (Fsp3) is 0.800. The molecule has 1 fully saturated rings. The lowest BCUT2D eigenvalue weighted by molar-refractivity contribution is -0.133. The van der Waals surface area contributed by atoms with Gasteiger partial charge in [-0.3, -0.25) is 4.79 Å². The molecule has 2 heteroatoms. The van der Waals surface area contributed by atoms with Gasteiger partial charge in [0.15, 0.2) is 0 Å². The second-order valence-electron chi connectivity index (χ2n) is 6.19. The SMILES string of the molecule is CC1=CC[C@H](CC(=O)N2CCCCC2)C1(C)C. The number of piperidine rings is 1. The summed E-state index contributed by atoms with van der Waals surface area (Å²) in [5.41, 5.74) is 1.67. The van der Waals surface area contributed by atoms with Crippen LogP contribution >= 0.6 is 0 Å². The minimum atomic E-state index is 0.214. The van der Waals surface area contributed by atoms with Gasteiger partial charge in [-0.15, -0.1) is 0 Å². The summed E-state index contributed by atoms with van der Waals surface area (Å²) in [4.78, 5) is 14.3. The first-order valence-electron chi connectivity index (χ1n) is 6.97. The van der Waals surface area contributed by atoms with Crippen LogP contribution in [-0.2, 0) is 4.79 Å². The second-order valence-corrected chi connectivity index (χ2v) is 6.19. The molecule has 1 atom stereocenters. The van der Waals surface area contributed by atoms with Crippen molar-refractivity contribution >= 4 is 5.91 Å². The van der Waals surface area contributed by atoms with Crippen LogP contribution in [0, 0.1) is 11.3 Å². The van der Waals surface area contributed by atoms with Crippen molar-refractivity contribution in [3.05, 3.63) is 11.6 Å². The van der Waals surface area contributed by atoms with Crippen LogP contribution in [0.5, 0.6) is 0 Å². The van der Waals surface area contributed by atoms with E-state index in [1.165, 1.54) is 24.8 Å². The highest BCUT2D eigenvalue weighted by Gasteiger charge is 2.36. The van der Waals surface area contributed by atoms with Crippen LogP contribution in [0.4, 0.5) is 0 Å². The Morgan fingerprint density at radius 1 is 1.35 bits per heavy atom. The topological polar surface area (TPSA) is 20.3 Å².